The molecule has 1 amide bonds. The predicted molar refractivity (Wildman–Crippen MR) is 126 cm³/mol. The molecule has 0 bridgehead atoms. The molecule has 0 saturated carbocycles. The smallest absolute Gasteiger partial charge is 0.338 e. The van der Waals surface area contributed by atoms with Gasteiger partial charge in [0.25, 0.3) is 5.91 Å². The molecule has 3 aromatic carbocycles. The number of rotatable bonds is 8. The Morgan fingerprint density at radius 3 is 2.24 bits per heavy atom. The Morgan fingerprint density at radius 1 is 0.824 bits per heavy atom. The number of ether oxygens (including phenoxy) is 4. The van der Waals surface area contributed by atoms with Crippen LogP contribution in [0.5, 0.6) is 17.2 Å². The Labute approximate surface area is 201 Å². The first kappa shape index (κ1) is 24.6. The number of nitrogens with one attached hydrogen (secondary N) is 1. The summed E-state index contributed by atoms with van der Waals surface area (Å²) in [6, 6.07) is 15.8. The summed E-state index contributed by atoms with van der Waals surface area (Å²) in [6.45, 7) is 2.22. The lowest BCUT2D eigenvalue weighted by atomic mass is 10.1. The maximum Gasteiger partial charge on any atom is 0.338 e. The van der Waals surface area contributed by atoms with Crippen LogP contribution >= 0.6 is 11.6 Å². The van der Waals surface area contributed by atoms with Gasteiger partial charge in [-0.3, -0.25) is 4.79 Å². The maximum atomic E-state index is 12.8. The highest BCUT2D eigenvalue weighted by atomic mass is 35.5. The zero-order valence-electron chi connectivity index (χ0n) is 18.7. The molecule has 9 heteroatoms. The van der Waals surface area contributed by atoms with Crippen LogP contribution in [0.4, 0.5) is 5.69 Å². The van der Waals surface area contributed by atoms with Crippen LogP contribution < -0.4 is 14.8 Å². The molecule has 0 aliphatic carbocycles. The van der Waals surface area contributed by atoms with Gasteiger partial charge in [-0.05, 0) is 55.5 Å². The van der Waals surface area contributed by atoms with Crippen LogP contribution in [-0.2, 0) is 9.47 Å². The number of esters is 2. The number of methoxy groups -OCH3 is 2. The van der Waals surface area contributed by atoms with Crippen molar-refractivity contribution in [3.05, 3.63) is 82.4 Å². The predicted octanol–water partition coefficient (Wildman–Crippen LogP) is 5.36. The van der Waals surface area contributed by atoms with Gasteiger partial charge < -0.3 is 24.3 Å². The molecule has 0 aromatic heterocycles. The van der Waals surface area contributed by atoms with Crippen molar-refractivity contribution in [2.45, 2.75) is 6.92 Å². The topological polar surface area (TPSA) is 100 Å². The van der Waals surface area contributed by atoms with Gasteiger partial charge in [-0.1, -0.05) is 17.7 Å². The largest absolute Gasteiger partial charge is 0.493 e. The molecule has 0 heterocycles. The van der Waals surface area contributed by atoms with E-state index in [2.05, 4.69) is 5.32 Å². The molecule has 0 spiro atoms. The Morgan fingerprint density at radius 2 is 1.53 bits per heavy atom. The molecule has 0 aliphatic rings. The Kier molecular flexibility index (Phi) is 8.10. The van der Waals surface area contributed by atoms with Crippen molar-refractivity contribution in [1.29, 1.82) is 0 Å². The van der Waals surface area contributed by atoms with Crippen molar-refractivity contribution in [2.24, 2.45) is 0 Å². The average molecular weight is 484 g/mol. The van der Waals surface area contributed by atoms with E-state index < -0.39 is 17.8 Å². The second-order valence-electron chi connectivity index (χ2n) is 6.85. The lowest BCUT2D eigenvalue weighted by molar-refractivity contribution is 0.0555. The third-order valence-electron chi connectivity index (χ3n) is 4.62. The zero-order valence-corrected chi connectivity index (χ0v) is 19.5. The molecule has 0 fully saturated rings. The molecule has 0 radical (unpaired) electrons. The minimum Gasteiger partial charge on any atom is -0.493 e. The number of hydrogen-bond acceptors (Lipinski definition) is 7. The number of amides is 1. The first-order valence-electron chi connectivity index (χ1n) is 10.2. The summed E-state index contributed by atoms with van der Waals surface area (Å²) in [5, 5.41) is 3.19. The zero-order chi connectivity index (χ0) is 24.7. The fourth-order valence-corrected chi connectivity index (χ4v) is 3.26. The molecule has 176 valence electrons. The summed E-state index contributed by atoms with van der Waals surface area (Å²) in [4.78, 5) is 36.9. The van der Waals surface area contributed by atoms with E-state index in [1.54, 1.807) is 36.4 Å². The summed E-state index contributed by atoms with van der Waals surface area (Å²) in [5.41, 5.74) is 0.807. The van der Waals surface area contributed by atoms with Crippen molar-refractivity contribution in [1.82, 2.24) is 0 Å². The monoisotopic (exact) mass is 483 g/mol. The van der Waals surface area contributed by atoms with Gasteiger partial charge in [0.15, 0.2) is 0 Å². The maximum absolute atomic E-state index is 12.8. The minimum absolute atomic E-state index is 0.000664. The third-order valence-corrected chi connectivity index (χ3v) is 4.85. The lowest BCUT2D eigenvalue weighted by Gasteiger charge is -2.13. The summed E-state index contributed by atoms with van der Waals surface area (Å²) in [5.74, 6) is -0.709. The van der Waals surface area contributed by atoms with Gasteiger partial charge in [-0.15, -0.1) is 0 Å². The number of carbonyl (C=O) groups excluding carboxylic acids is 3. The Hall–Kier alpha value is -4.04. The van der Waals surface area contributed by atoms with E-state index in [-0.39, 0.29) is 16.9 Å². The highest BCUT2D eigenvalue weighted by Crippen LogP contribution is 2.28. The number of carbonyl (C=O) groups is 3. The molecule has 0 atom stereocenters. The van der Waals surface area contributed by atoms with E-state index in [1.807, 2.05) is 6.92 Å². The highest BCUT2D eigenvalue weighted by Gasteiger charge is 2.20. The van der Waals surface area contributed by atoms with Crippen LogP contribution in [0.3, 0.4) is 0 Å². The van der Waals surface area contributed by atoms with E-state index in [9.17, 15) is 14.4 Å². The molecule has 0 aliphatic heterocycles. The summed E-state index contributed by atoms with van der Waals surface area (Å²) >= 11 is 6.05. The second-order valence-corrected chi connectivity index (χ2v) is 7.28. The molecule has 8 nitrogen and oxygen atoms in total. The SMILES string of the molecule is CCOc1ccc(Cl)cc1C(=O)Nc1cccc(Oc2ccc(C(=O)OC)c(C(=O)OC)c2)c1. The van der Waals surface area contributed by atoms with Gasteiger partial charge in [0.2, 0.25) is 0 Å². The molecular formula is C25H22ClNO7. The van der Waals surface area contributed by atoms with Crippen molar-refractivity contribution in [2.75, 3.05) is 26.1 Å². The fraction of sp³-hybridized carbons (Fsp3) is 0.160. The van der Waals surface area contributed by atoms with E-state index in [0.717, 1.165) is 0 Å². The normalized spacial score (nSPS) is 10.2. The van der Waals surface area contributed by atoms with Gasteiger partial charge in [-0.2, -0.15) is 0 Å². The first-order chi connectivity index (χ1) is 16.4. The summed E-state index contributed by atoms with van der Waals surface area (Å²) in [7, 11) is 2.42. The van der Waals surface area contributed by atoms with Crippen LogP contribution in [0.15, 0.2) is 60.7 Å². The van der Waals surface area contributed by atoms with Crippen LogP contribution in [-0.4, -0.2) is 38.7 Å². The van der Waals surface area contributed by atoms with Gasteiger partial charge >= 0.3 is 11.9 Å². The number of hydrogen-bond donors (Lipinski definition) is 1. The Balaban J connectivity index is 1.83. The molecule has 3 rings (SSSR count). The molecule has 3 aromatic rings. The number of anilines is 1. The van der Waals surface area contributed by atoms with Crippen molar-refractivity contribution in [3.8, 4) is 17.2 Å². The van der Waals surface area contributed by atoms with E-state index >= 15 is 0 Å². The van der Waals surface area contributed by atoms with Crippen LogP contribution in [0.25, 0.3) is 0 Å². The minimum atomic E-state index is -0.710. The highest BCUT2D eigenvalue weighted by molar-refractivity contribution is 6.31. The molecular weight excluding hydrogens is 462 g/mol. The fourth-order valence-electron chi connectivity index (χ4n) is 3.09. The van der Waals surface area contributed by atoms with Crippen LogP contribution in [0.2, 0.25) is 5.02 Å². The molecule has 0 saturated heterocycles. The van der Waals surface area contributed by atoms with Crippen molar-refractivity contribution < 1.29 is 33.3 Å². The summed E-state index contributed by atoms with van der Waals surface area (Å²) < 4.78 is 20.8. The number of benzene rings is 3. The van der Waals surface area contributed by atoms with E-state index in [1.165, 1.54) is 38.5 Å². The summed E-state index contributed by atoms with van der Waals surface area (Å²) in [6.07, 6.45) is 0. The molecule has 1 N–H and O–H groups in total. The van der Waals surface area contributed by atoms with Crippen LogP contribution in [0.1, 0.15) is 38.0 Å². The van der Waals surface area contributed by atoms with Gasteiger partial charge in [0, 0.05) is 16.8 Å². The first-order valence-corrected chi connectivity index (χ1v) is 10.6. The van der Waals surface area contributed by atoms with Crippen molar-refractivity contribution >= 4 is 35.1 Å². The van der Waals surface area contributed by atoms with Gasteiger partial charge in [-0.25, -0.2) is 9.59 Å². The third kappa shape index (κ3) is 5.85. The van der Waals surface area contributed by atoms with Crippen LogP contribution in [0, 0.1) is 0 Å². The van der Waals surface area contributed by atoms with Gasteiger partial charge in [0.05, 0.1) is 37.5 Å². The van der Waals surface area contributed by atoms with Crippen molar-refractivity contribution in [3.63, 3.8) is 0 Å². The van der Waals surface area contributed by atoms with Gasteiger partial charge in [0.1, 0.15) is 17.2 Å². The lowest BCUT2D eigenvalue weighted by Crippen LogP contribution is -2.13. The molecule has 0 unspecified atom stereocenters. The van der Waals surface area contributed by atoms with E-state index in [4.69, 9.17) is 30.5 Å². The Bertz CT molecular complexity index is 1230. The van der Waals surface area contributed by atoms with E-state index in [0.29, 0.717) is 34.4 Å². The quantitative estimate of drug-likeness (QED) is 0.430. The second kappa shape index (κ2) is 11.2. The number of halogens is 1. The molecule has 34 heavy (non-hydrogen) atoms. The average Bonchev–Trinajstić information content (AvgIpc) is 2.84. The standard InChI is InChI=1S/C25H22ClNO7/c1-4-33-22-11-8-15(26)12-21(22)23(28)27-16-6-5-7-17(13-16)34-18-9-10-19(24(29)31-2)20(14-18)25(30)32-3/h5-14H,4H2,1-3H3,(H,27,28).